The first kappa shape index (κ1) is 17.3. The van der Waals surface area contributed by atoms with Gasteiger partial charge in [-0.15, -0.1) is 0 Å². The summed E-state index contributed by atoms with van der Waals surface area (Å²) < 4.78 is 10.6. The molecule has 2 aromatic rings. The van der Waals surface area contributed by atoms with Crippen LogP contribution in [0.15, 0.2) is 59.7 Å². The van der Waals surface area contributed by atoms with Gasteiger partial charge in [0.15, 0.2) is 0 Å². The number of urea groups is 1. The van der Waals surface area contributed by atoms with Crippen LogP contribution in [-0.4, -0.2) is 24.0 Å². The average Bonchev–Trinajstić information content (AvgIpc) is 2.57. The lowest BCUT2D eigenvalue weighted by Gasteiger charge is -2.14. The minimum absolute atomic E-state index is 0.369. The van der Waals surface area contributed by atoms with Gasteiger partial charge in [0, 0.05) is 18.0 Å². The summed E-state index contributed by atoms with van der Waals surface area (Å²) in [6, 6.07) is 9.92. The number of hydrogen-bond donors (Lipinski definition) is 2. The van der Waals surface area contributed by atoms with Gasteiger partial charge in [-0.25, -0.2) is 9.78 Å². The number of nitrogens with zero attached hydrogens (tertiary/aromatic N) is 1. The van der Waals surface area contributed by atoms with Gasteiger partial charge in [-0.05, 0) is 36.8 Å². The second-order valence-corrected chi connectivity index (χ2v) is 5.57. The van der Waals surface area contributed by atoms with Gasteiger partial charge in [-0.1, -0.05) is 11.8 Å². The zero-order valence-corrected chi connectivity index (χ0v) is 14.3. The smallest absolute Gasteiger partial charge is 0.326 e. The number of amides is 3. The van der Waals surface area contributed by atoms with E-state index in [-0.39, 0.29) is 0 Å². The molecule has 1 aliphatic carbocycles. The maximum absolute atomic E-state index is 11.9. The zero-order chi connectivity index (χ0) is 18.5. The highest BCUT2D eigenvalue weighted by molar-refractivity contribution is 6.08. The van der Waals surface area contributed by atoms with E-state index in [9.17, 15) is 9.59 Å². The first-order valence-electron chi connectivity index (χ1n) is 7.89. The molecule has 0 saturated carbocycles. The molecule has 3 amide bonds. The third-order valence-electron chi connectivity index (χ3n) is 3.66. The molecule has 1 aliphatic rings. The lowest BCUT2D eigenvalue weighted by Crippen LogP contribution is -2.36. The molecule has 26 heavy (non-hydrogen) atoms. The fourth-order valence-corrected chi connectivity index (χ4v) is 2.27. The normalized spacial score (nSPS) is 12.2. The van der Waals surface area contributed by atoms with E-state index in [2.05, 4.69) is 21.3 Å². The summed E-state index contributed by atoms with van der Waals surface area (Å²) >= 11 is 0. The third-order valence-corrected chi connectivity index (χ3v) is 3.66. The van der Waals surface area contributed by atoms with Crippen molar-refractivity contribution in [1.29, 1.82) is 0 Å². The van der Waals surface area contributed by atoms with E-state index in [0.29, 0.717) is 35.1 Å². The van der Waals surface area contributed by atoms with Crippen LogP contribution in [0.25, 0.3) is 0 Å². The molecule has 3 rings (SSSR count). The highest BCUT2D eigenvalue weighted by Crippen LogP contribution is 2.26. The fourth-order valence-electron chi connectivity index (χ4n) is 2.27. The number of aromatic nitrogens is 1. The Morgan fingerprint density at radius 3 is 2.69 bits per heavy atom. The van der Waals surface area contributed by atoms with Crippen LogP contribution in [0.2, 0.25) is 0 Å². The van der Waals surface area contributed by atoms with Crippen molar-refractivity contribution in [3.05, 3.63) is 65.2 Å². The van der Waals surface area contributed by atoms with Gasteiger partial charge in [0.1, 0.15) is 11.5 Å². The summed E-state index contributed by atoms with van der Waals surface area (Å²) in [5.41, 5.74) is 4.47. The molecule has 7 nitrogen and oxygen atoms in total. The van der Waals surface area contributed by atoms with E-state index in [1.165, 1.54) is 7.11 Å². The highest BCUT2D eigenvalue weighted by Gasteiger charge is 2.20. The quantitative estimate of drug-likeness (QED) is 0.807. The number of hydrogen-bond acceptors (Lipinski definition) is 5. The second-order valence-electron chi connectivity index (χ2n) is 5.57. The number of rotatable bonds is 5. The van der Waals surface area contributed by atoms with Crippen LogP contribution in [0.4, 0.5) is 10.5 Å². The number of imide groups is 1. The molecule has 0 fully saturated rings. The highest BCUT2D eigenvalue weighted by atomic mass is 16.5. The number of methoxy groups -OCH3 is 1. The lowest BCUT2D eigenvalue weighted by atomic mass is 10.0. The number of carbonyl (C=O) groups is 2. The van der Waals surface area contributed by atoms with E-state index >= 15 is 0 Å². The standard InChI is InChI=1S/C19H17N3O4/c1-12-9-14(6-7-16(12)26-17-5-3-4-8-20-17)21-19(24)22-18(23)13-10-15(11-13)25-2/h3-9H,10H2,1-2H3,(H2,21,22,23,24). The topological polar surface area (TPSA) is 89.5 Å². The molecule has 7 heteroatoms. The van der Waals surface area contributed by atoms with Crippen molar-refractivity contribution in [1.82, 2.24) is 10.3 Å². The summed E-state index contributed by atoms with van der Waals surface area (Å²) in [4.78, 5) is 27.9. The minimum atomic E-state index is -0.618. The maximum atomic E-state index is 11.9. The van der Waals surface area contributed by atoms with Crippen LogP contribution in [-0.2, 0) is 9.53 Å². The predicted octanol–water partition coefficient (Wildman–Crippen LogP) is 3.29. The SMILES string of the molecule is COC1=C=C(C(=O)NC(=O)Nc2ccc(Oc3ccccn3)c(C)c2)C1. The number of nitrogens with one attached hydrogen (secondary N) is 2. The van der Waals surface area contributed by atoms with Crippen LogP contribution >= 0.6 is 0 Å². The fraction of sp³-hybridized carbons (Fsp3) is 0.158. The Balaban J connectivity index is 1.60. The van der Waals surface area contributed by atoms with Crippen LogP contribution in [0.1, 0.15) is 12.0 Å². The first-order valence-corrected chi connectivity index (χ1v) is 7.89. The van der Waals surface area contributed by atoms with E-state index in [1.54, 1.807) is 36.5 Å². The first-order chi connectivity index (χ1) is 12.5. The second kappa shape index (κ2) is 7.55. The molecule has 0 atom stereocenters. The van der Waals surface area contributed by atoms with Gasteiger partial charge >= 0.3 is 6.03 Å². The van der Waals surface area contributed by atoms with Crippen LogP contribution in [0.5, 0.6) is 11.6 Å². The molecule has 1 aromatic carbocycles. The Morgan fingerprint density at radius 1 is 1.23 bits per heavy atom. The van der Waals surface area contributed by atoms with Crippen molar-refractivity contribution >= 4 is 17.6 Å². The van der Waals surface area contributed by atoms with Gasteiger partial charge in [-0.3, -0.25) is 10.1 Å². The Kier molecular flexibility index (Phi) is 5.01. The summed E-state index contributed by atoms with van der Waals surface area (Å²) in [5, 5.41) is 4.86. The summed E-state index contributed by atoms with van der Waals surface area (Å²) in [6.45, 7) is 1.85. The number of pyridine rings is 1. The van der Waals surface area contributed by atoms with Gasteiger partial charge in [0.25, 0.3) is 5.91 Å². The van der Waals surface area contributed by atoms with Crippen LogP contribution in [0, 0.1) is 6.92 Å². The Bertz CT molecular complexity index is 916. The molecule has 132 valence electrons. The van der Waals surface area contributed by atoms with E-state index in [0.717, 1.165) is 5.56 Å². The Labute approximate surface area is 150 Å². The Morgan fingerprint density at radius 2 is 2.04 bits per heavy atom. The molecule has 0 bridgehead atoms. The zero-order valence-electron chi connectivity index (χ0n) is 14.3. The van der Waals surface area contributed by atoms with Gasteiger partial charge < -0.3 is 14.8 Å². The number of ether oxygens (including phenoxy) is 2. The van der Waals surface area contributed by atoms with Gasteiger partial charge in [0.2, 0.25) is 5.88 Å². The number of aryl methyl sites for hydroxylation is 1. The summed E-state index contributed by atoms with van der Waals surface area (Å²) in [5.74, 6) is 1.21. The molecule has 1 heterocycles. The van der Waals surface area contributed by atoms with Crippen molar-refractivity contribution in [2.75, 3.05) is 12.4 Å². The van der Waals surface area contributed by atoms with Crippen LogP contribution in [0.3, 0.4) is 0 Å². The molecular formula is C19H17N3O4. The van der Waals surface area contributed by atoms with Gasteiger partial charge in [0.05, 0.1) is 19.1 Å². The molecule has 2 N–H and O–H groups in total. The van der Waals surface area contributed by atoms with E-state index in [1.807, 2.05) is 13.0 Å². The monoisotopic (exact) mass is 351 g/mol. The summed E-state index contributed by atoms with van der Waals surface area (Å²) in [7, 11) is 1.51. The molecular weight excluding hydrogens is 334 g/mol. The molecule has 0 radical (unpaired) electrons. The van der Waals surface area contributed by atoms with Crippen molar-refractivity contribution in [3.8, 4) is 11.6 Å². The lowest BCUT2D eigenvalue weighted by molar-refractivity contribution is -0.116. The molecule has 0 unspecified atom stereocenters. The van der Waals surface area contributed by atoms with Crippen molar-refractivity contribution < 1.29 is 19.1 Å². The molecule has 0 spiro atoms. The third kappa shape index (κ3) is 4.09. The number of benzene rings is 1. The number of carbonyl (C=O) groups excluding carboxylic acids is 2. The largest absolute Gasteiger partial charge is 0.493 e. The molecule has 0 saturated heterocycles. The molecule has 1 aromatic heterocycles. The maximum Gasteiger partial charge on any atom is 0.326 e. The minimum Gasteiger partial charge on any atom is -0.493 e. The van der Waals surface area contributed by atoms with E-state index < -0.39 is 11.9 Å². The van der Waals surface area contributed by atoms with Crippen molar-refractivity contribution in [2.45, 2.75) is 13.3 Å². The Hall–Kier alpha value is -3.57. The van der Waals surface area contributed by atoms with E-state index in [4.69, 9.17) is 9.47 Å². The van der Waals surface area contributed by atoms with Crippen molar-refractivity contribution in [2.24, 2.45) is 0 Å². The van der Waals surface area contributed by atoms with Crippen LogP contribution < -0.4 is 15.4 Å². The predicted molar refractivity (Wildman–Crippen MR) is 94.8 cm³/mol. The summed E-state index contributed by atoms with van der Waals surface area (Å²) in [6.07, 6.45) is 2.01. The molecule has 0 aliphatic heterocycles. The number of anilines is 1. The van der Waals surface area contributed by atoms with Crippen molar-refractivity contribution in [3.63, 3.8) is 0 Å². The average molecular weight is 351 g/mol. The van der Waals surface area contributed by atoms with Gasteiger partial charge in [-0.2, -0.15) is 0 Å².